The number of rotatable bonds is 2. The average molecular weight is 297 g/mol. The number of benzene rings is 2. The van der Waals surface area contributed by atoms with E-state index in [4.69, 9.17) is 5.73 Å². The molecule has 0 radical (unpaired) electrons. The summed E-state index contributed by atoms with van der Waals surface area (Å²) in [7, 11) is 0. The second kappa shape index (κ2) is 5.20. The molecular weight excluding hydrogens is 286 g/mol. The Bertz CT molecular complexity index is 707. The number of nitrogen functional groups attached to an aromatic ring is 1. The molecule has 2 N–H and O–H groups in total. The molecule has 0 saturated heterocycles. The number of halogens is 4. The van der Waals surface area contributed by atoms with Gasteiger partial charge in [0.25, 0.3) is 0 Å². The Labute approximate surface area is 118 Å². The lowest BCUT2D eigenvalue weighted by atomic mass is 9.99. The topological polar surface area (TPSA) is 43.1 Å². The van der Waals surface area contributed by atoms with Crippen LogP contribution >= 0.6 is 0 Å². The predicted octanol–water partition coefficient (Wildman–Crippen LogP) is 3.97. The van der Waals surface area contributed by atoms with Crippen molar-refractivity contribution < 1.29 is 22.4 Å². The van der Waals surface area contributed by atoms with Gasteiger partial charge in [-0.25, -0.2) is 4.39 Å². The third-order valence-corrected chi connectivity index (χ3v) is 3.08. The van der Waals surface area contributed by atoms with Crippen LogP contribution in [0.1, 0.15) is 27.0 Å². The molecule has 0 bridgehead atoms. The lowest BCUT2D eigenvalue weighted by molar-refractivity contribution is -0.140. The zero-order chi connectivity index (χ0) is 15.8. The van der Waals surface area contributed by atoms with Crippen LogP contribution in [0.3, 0.4) is 0 Å². The maximum absolute atomic E-state index is 13.2. The summed E-state index contributed by atoms with van der Waals surface area (Å²) in [5.41, 5.74) is 5.22. The van der Waals surface area contributed by atoms with E-state index in [0.29, 0.717) is 17.8 Å². The molecule has 0 amide bonds. The number of ketones is 1. The van der Waals surface area contributed by atoms with Gasteiger partial charge in [-0.15, -0.1) is 0 Å². The monoisotopic (exact) mass is 297 g/mol. The minimum Gasteiger partial charge on any atom is -0.398 e. The molecule has 6 heteroatoms. The molecule has 0 unspecified atom stereocenters. The minimum atomic E-state index is -4.85. The number of carbonyl (C=O) groups is 1. The Kier molecular flexibility index (Phi) is 3.72. The number of nitrogens with two attached hydrogens (primary N) is 1. The smallest absolute Gasteiger partial charge is 0.398 e. The Morgan fingerprint density at radius 1 is 1.05 bits per heavy atom. The highest BCUT2D eigenvalue weighted by Gasteiger charge is 2.34. The van der Waals surface area contributed by atoms with E-state index in [-0.39, 0.29) is 11.1 Å². The summed E-state index contributed by atoms with van der Waals surface area (Å²) in [6.07, 6.45) is -4.85. The van der Waals surface area contributed by atoms with Gasteiger partial charge in [0.2, 0.25) is 0 Å². The van der Waals surface area contributed by atoms with Gasteiger partial charge < -0.3 is 5.73 Å². The second-order valence-corrected chi connectivity index (χ2v) is 4.59. The fourth-order valence-corrected chi connectivity index (χ4v) is 1.83. The van der Waals surface area contributed by atoms with Gasteiger partial charge in [0.1, 0.15) is 5.82 Å². The lowest BCUT2D eigenvalue weighted by Crippen LogP contribution is -2.11. The molecule has 0 aliphatic heterocycles. The minimum absolute atomic E-state index is 0.151. The van der Waals surface area contributed by atoms with Crippen molar-refractivity contribution >= 4 is 11.5 Å². The molecule has 110 valence electrons. The van der Waals surface area contributed by atoms with Gasteiger partial charge in [-0.1, -0.05) is 12.1 Å². The van der Waals surface area contributed by atoms with Crippen molar-refractivity contribution in [3.63, 3.8) is 0 Å². The molecule has 0 aromatic heterocycles. The molecule has 21 heavy (non-hydrogen) atoms. The number of hydrogen-bond donors (Lipinski definition) is 1. The molecule has 2 nitrogen and oxygen atoms in total. The Balaban J connectivity index is 2.46. The van der Waals surface area contributed by atoms with Gasteiger partial charge in [0.15, 0.2) is 5.78 Å². The maximum atomic E-state index is 13.2. The fourth-order valence-electron chi connectivity index (χ4n) is 1.83. The van der Waals surface area contributed by atoms with Crippen molar-refractivity contribution in [2.24, 2.45) is 0 Å². The van der Waals surface area contributed by atoms with Crippen molar-refractivity contribution in [1.82, 2.24) is 0 Å². The first kappa shape index (κ1) is 15.0. The van der Waals surface area contributed by atoms with Crippen LogP contribution in [0.15, 0.2) is 36.4 Å². The molecule has 0 heterocycles. The van der Waals surface area contributed by atoms with Gasteiger partial charge in [-0.2, -0.15) is 13.2 Å². The van der Waals surface area contributed by atoms with Crippen LogP contribution in [0.2, 0.25) is 0 Å². The highest BCUT2D eigenvalue weighted by molar-refractivity contribution is 6.09. The largest absolute Gasteiger partial charge is 0.419 e. The van der Waals surface area contributed by atoms with Gasteiger partial charge in [-0.05, 0) is 36.8 Å². The highest BCUT2D eigenvalue weighted by Crippen LogP contribution is 2.32. The summed E-state index contributed by atoms with van der Waals surface area (Å²) in [6.45, 7) is 1.74. The van der Waals surface area contributed by atoms with E-state index in [2.05, 4.69) is 0 Å². The fraction of sp³-hybridized carbons (Fsp3) is 0.133. The Morgan fingerprint density at radius 2 is 1.62 bits per heavy atom. The summed E-state index contributed by atoms with van der Waals surface area (Å²) in [6, 6.07) is 6.60. The zero-order valence-corrected chi connectivity index (χ0v) is 11.0. The predicted molar refractivity (Wildman–Crippen MR) is 70.4 cm³/mol. The molecule has 2 aromatic carbocycles. The van der Waals surface area contributed by atoms with E-state index in [1.807, 2.05) is 0 Å². The van der Waals surface area contributed by atoms with Crippen LogP contribution in [-0.4, -0.2) is 5.78 Å². The maximum Gasteiger partial charge on any atom is 0.419 e. The van der Waals surface area contributed by atoms with E-state index < -0.39 is 23.3 Å². The van der Waals surface area contributed by atoms with Crippen LogP contribution in [0.5, 0.6) is 0 Å². The van der Waals surface area contributed by atoms with Gasteiger partial charge in [-0.3, -0.25) is 4.79 Å². The van der Waals surface area contributed by atoms with E-state index in [0.717, 1.165) is 11.6 Å². The third-order valence-electron chi connectivity index (χ3n) is 3.08. The van der Waals surface area contributed by atoms with Gasteiger partial charge in [0.05, 0.1) is 5.56 Å². The first-order chi connectivity index (χ1) is 9.70. The molecule has 2 aromatic rings. The zero-order valence-electron chi connectivity index (χ0n) is 11.0. The van der Waals surface area contributed by atoms with E-state index in [9.17, 15) is 22.4 Å². The van der Waals surface area contributed by atoms with E-state index in [1.54, 1.807) is 13.0 Å². The van der Waals surface area contributed by atoms with E-state index >= 15 is 0 Å². The van der Waals surface area contributed by atoms with Crippen molar-refractivity contribution in [2.75, 3.05) is 5.73 Å². The highest BCUT2D eigenvalue weighted by atomic mass is 19.4. The SMILES string of the molecule is Cc1ccc(C(=O)c2ccc(F)c(C(F)(F)F)c2)cc1N. The second-order valence-electron chi connectivity index (χ2n) is 4.59. The molecule has 0 atom stereocenters. The molecule has 0 saturated carbocycles. The number of carbonyl (C=O) groups excluding carboxylic acids is 1. The van der Waals surface area contributed by atoms with Crippen molar-refractivity contribution in [2.45, 2.75) is 13.1 Å². The lowest BCUT2D eigenvalue weighted by Gasteiger charge is -2.10. The number of alkyl halides is 3. The van der Waals surface area contributed by atoms with E-state index in [1.165, 1.54) is 12.1 Å². The summed E-state index contributed by atoms with van der Waals surface area (Å²) >= 11 is 0. The quantitative estimate of drug-likeness (QED) is 0.518. The van der Waals surface area contributed by atoms with Crippen molar-refractivity contribution in [1.29, 1.82) is 0 Å². The molecule has 0 fully saturated rings. The molecule has 0 aliphatic carbocycles. The third kappa shape index (κ3) is 3.04. The molecule has 0 aliphatic rings. The van der Waals surface area contributed by atoms with Crippen LogP contribution < -0.4 is 5.73 Å². The summed E-state index contributed by atoms with van der Waals surface area (Å²) < 4.78 is 51.1. The normalized spacial score (nSPS) is 11.5. The molecule has 2 rings (SSSR count). The Hall–Kier alpha value is -2.37. The number of hydrogen-bond acceptors (Lipinski definition) is 2. The number of aryl methyl sites for hydroxylation is 1. The number of anilines is 1. The van der Waals surface area contributed by atoms with Gasteiger partial charge >= 0.3 is 6.18 Å². The molecular formula is C15H11F4NO. The first-order valence-electron chi connectivity index (χ1n) is 5.97. The Morgan fingerprint density at radius 3 is 2.19 bits per heavy atom. The van der Waals surface area contributed by atoms with Crippen molar-refractivity contribution in [3.05, 3.63) is 64.5 Å². The van der Waals surface area contributed by atoms with Crippen LogP contribution in [0, 0.1) is 12.7 Å². The van der Waals surface area contributed by atoms with Crippen molar-refractivity contribution in [3.8, 4) is 0 Å². The summed E-state index contributed by atoms with van der Waals surface area (Å²) in [5, 5.41) is 0. The summed E-state index contributed by atoms with van der Waals surface area (Å²) in [4.78, 5) is 12.2. The summed E-state index contributed by atoms with van der Waals surface area (Å²) in [5.74, 6) is -2.06. The molecule has 0 spiro atoms. The van der Waals surface area contributed by atoms with Crippen LogP contribution in [-0.2, 0) is 6.18 Å². The standard InChI is InChI=1S/C15H11F4NO/c1-8-2-3-10(7-13(8)20)14(21)9-4-5-12(16)11(6-9)15(17,18)19/h2-7H,20H2,1H3. The van der Waals surface area contributed by atoms with Gasteiger partial charge in [0, 0.05) is 16.8 Å². The average Bonchev–Trinajstić information content (AvgIpc) is 2.40. The first-order valence-corrected chi connectivity index (χ1v) is 5.97. The van der Waals surface area contributed by atoms with Crippen LogP contribution in [0.4, 0.5) is 23.2 Å². The van der Waals surface area contributed by atoms with Crippen LogP contribution in [0.25, 0.3) is 0 Å².